The molecule has 15 heavy (non-hydrogen) atoms. The van der Waals surface area contributed by atoms with E-state index in [9.17, 15) is 9.59 Å². The van der Waals surface area contributed by atoms with Gasteiger partial charge in [0.2, 0.25) is 0 Å². The second-order valence-electron chi connectivity index (χ2n) is 3.06. The Labute approximate surface area is 87.1 Å². The largest absolute Gasteiger partial charge is 0.508 e. The summed E-state index contributed by atoms with van der Waals surface area (Å²) in [6.45, 7) is 1.39. The Kier molecular flexibility index (Phi) is 3.68. The van der Waals surface area contributed by atoms with Crippen molar-refractivity contribution in [2.75, 3.05) is 11.9 Å². The van der Waals surface area contributed by atoms with Crippen molar-refractivity contribution in [3.05, 3.63) is 24.3 Å². The van der Waals surface area contributed by atoms with Crippen LogP contribution in [0.4, 0.5) is 10.5 Å². The summed E-state index contributed by atoms with van der Waals surface area (Å²) in [6, 6.07) is 5.59. The van der Waals surface area contributed by atoms with Gasteiger partial charge in [-0.1, -0.05) is 0 Å². The van der Waals surface area contributed by atoms with E-state index in [1.807, 2.05) is 0 Å². The molecule has 80 valence electrons. The molecule has 3 N–H and O–H groups in total. The SMILES string of the molecule is CC(=O)CNC(=O)Nc1ccc(O)cc1. The van der Waals surface area contributed by atoms with Crippen LogP contribution in [0.15, 0.2) is 24.3 Å². The highest BCUT2D eigenvalue weighted by atomic mass is 16.3. The van der Waals surface area contributed by atoms with Crippen LogP contribution in [-0.2, 0) is 4.79 Å². The maximum atomic E-state index is 11.2. The molecule has 0 aliphatic carbocycles. The molecule has 0 unspecified atom stereocenters. The first-order valence-corrected chi connectivity index (χ1v) is 4.41. The number of carbonyl (C=O) groups excluding carboxylic acids is 2. The lowest BCUT2D eigenvalue weighted by molar-refractivity contribution is -0.116. The molecule has 0 bridgehead atoms. The average Bonchev–Trinajstić information content (AvgIpc) is 2.19. The summed E-state index contributed by atoms with van der Waals surface area (Å²) in [4.78, 5) is 21.7. The van der Waals surface area contributed by atoms with Crippen molar-refractivity contribution in [2.24, 2.45) is 0 Å². The average molecular weight is 208 g/mol. The zero-order valence-corrected chi connectivity index (χ0v) is 8.28. The number of amides is 2. The summed E-state index contributed by atoms with van der Waals surface area (Å²) < 4.78 is 0. The second kappa shape index (κ2) is 4.99. The van der Waals surface area contributed by atoms with Gasteiger partial charge in [-0.15, -0.1) is 0 Å². The smallest absolute Gasteiger partial charge is 0.319 e. The van der Waals surface area contributed by atoms with Crippen molar-refractivity contribution in [2.45, 2.75) is 6.92 Å². The molecule has 0 aromatic heterocycles. The third-order valence-electron chi connectivity index (χ3n) is 1.62. The van der Waals surface area contributed by atoms with Crippen LogP contribution in [-0.4, -0.2) is 23.5 Å². The Morgan fingerprint density at radius 3 is 2.40 bits per heavy atom. The van der Waals surface area contributed by atoms with E-state index >= 15 is 0 Å². The molecule has 0 aliphatic heterocycles. The maximum Gasteiger partial charge on any atom is 0.319 e. The van der Waals surface area contributed by atoms with Crippen molar-refractivity contribution in [1.29, 1.82) is 0 Å². The number of hydrogen-bond donors (Lipinski definition) is 3. The van der Waals surface area contributed by atoms with Gasteiger partial charge in [0.15, 0.2) is 0 Å². The molecule has 0 fully saturated rings. The Bertz CT molecular complexity index is 359. The van der Waals surface area contributed by atoms with Gasteiger partial charge in [-0.25, -0.2) is 4.79 Å². The Morgan fingerprint density at radius 2 is 1.87 bits per heavy atom. The number of carbonyl (C=O) groups is 2. The summed E-state index contributed by atoms with van der Waals surface area (Å²) >= 11 is 0. The number of benzene rings is 1. The number of Topliss-reactive ketones (excluding diaryl/α,β-unsaturated/α-hetero) is 1. The van der Waals surface area contributed by atoms with Gasteiger partial charge in [-0.2, -0.15) is 0 Å². The number of aromatic hydroxyl groups is 1. The van der Waals surface area contributed by atoms with Gasteiger partial charge in [-0.05, 0) is 31.2 Å². The molecule has 0 saturated heterocycles. The second-order valence-corrected chi connectivity index (χ2v) is 3.06. The number of nitrogens with one attached hydrogen (secondary N) is 2. The van der Waals surface area contributed by atoms with Crippen molar-refractivity contribution < 1.29 is 14.7 Å². The molecule has 2 amide bonds. The predicted molar refractivity (Wildman–Crippen MR) is 55.8 cm³/mol. The lowest BCUT2D eigenvalue weighted by atomic mass is 10.3. The van der Waals surface area contributed by atoms with Crippen LogP contribution in [0.2, 0.25) is 0 Å². The van der Waals surface area contributed by atoms with Gasteiger partial charge < -0.3 is 15.7 Å². The minimum Gasteiger partial charge on any atom is -0.508 e. The van der Waals surface area contributed by atoms with Crippen LogP contribution in [0.25, 0.3) is 0 Å². The van der Waals surface area contributed by atoms with Gasteiger partial charge in [0.25, 0.3) is 0 Å². The third kappa shape index (κ3) is 4.12. The van der Waals surface area contributed by atoms with E-state index in [1.165, 1.54) is 19.1 Å². The number of phenolic OH excluding ortho intramolecular Hbond substituents is 1. The number of ketones is 1. The number of rotatable bonds is 3. The normalized spacial score (nSPS) is 9.40. The standard InChI is InChI=1S/C10H12N2O3/c1-7(13)6-11-10(15)12-8-2-4-9(14)5-3-8/h2-5,14H,6H2,1H3,(H2,11,12,15). The molecule has 1 aromatic carbocycles. The Morgan fingerprint density at radius 1 is 1.27 bits per heavy atom. The molecule has 0 radical (unpaired) electrons. The predicted octanol–water partition coefficient (Wildman–Crippen LogP) is 1.10. The zero-order valence-electron chi connectivity index (χ0n) is 8.28. The molecule has 1 rings (SSSR count). The van der Waals surface area contributed by atoms with Crippen molar-refractivity contribution >= 4 is 17.5 Å². The molecule has 5 heteroatoms. The minimum absolute atomic E-state index is 0.00389. The number of hydrogen-bond acceptors (Lipinski definition) is 3. The minimum atomic E-state index is -0.448. The van der Waals surface area contributed by atoms with E-state index < -0.39 is 6.03 Å². The summed E-state index contributed by atoms with van der Waals surface area (Å²) in [7, 11) is 0. The summed E-state index contributed by atoms with van der Waals surface area (Å²) in [5.41, 5.74) is 0.550. The summed E-state index contributed by atoms with van der Waals surface area (Å²) in [5.74, 6) is 0.0144. The van der Waals surface area contributed by atoms with Crippen molar-refractivity contribution in [3.63, 3.8) is 0 Å². The van der Waals surface area contributed by atoms with Crippen molar-refractivity contribution in [3.8, 4) is 5.75 Å². The van der Waals surface area contributed by atoms with E-state index in [2.05, 4.69) is 10.6 Å². The molecular weight excluding hydrogens is 196 g/mol. The van der Waals surface area contributed by atoms with E-state index in [1.54, 1.807) is 12.1 Å². The molecule has 0 aliphatic rings. The van der Waals surface area contributed by atoms with Gasteiger partial charge in [0.1, 0.15) is 11.5 Å². The van der Waals surface area contributed by atoms with E-state index in [4.69, 9.17) is 5.11 Å². The number of phenols is 1. The fraction of sp³-hybridized carbons (Fsp3) is 0.200. The first-order valence-electron chi connectivity index (χ1n) is 4.41. The molecule has 0 atom stereocenters. The van der Waals surface area contributed by atoms with E-state index in [0.717, 1.165) is 0 Å². The Balaban J connectivity index is 2.44. The van der Waals surface area contributed by atoms with E-state index in [0.29, 0.717) is 5.69 Å². The van der Waals surface area contributed by atoms with Gasteiger partial charge >= 0.3 is 6.03 Å². The molecule has 0 heterocycles. The lowest BCUT2D eigenvalue weighted by Crippen LogP contribution is -2.32. The van der Waals surface area contributed by atoms with Gasteiger partial charge in [0.05, 0.1) is 6.54 Å². The van der Waals surface area contributed by atoms with Crippen LogP contribution in [0.5, 0.6) is 5.75 Å². The molecule has 0 saturated carbocycles. The third-order valence-corrected chi connectivity index (χ3v) is 1.62. The van der Waals surface area contributed by atoms with E-state index in [-0.39, 0.29) is 18.1 Å². The number of anilines is 1. The topological polar surface area (TPSA) is 78.4 Å². The highest BCUT2D eigenvalue weighted by Gasteiger charge is 2.01. The summed E-state index contributed by atoms with van der Waals surface area (Å²) in [5, 5.41) is 13.9. The Hall–Kier alpha value is -2.04. The highest BCUT2D eigenvalue weighted by Crippen LogP contribution is 2.13. The van der Waals surface area contributed by atoms with Crippen LogP contribution >= 0.6 is 0 Å². The number of urea groups is 1. The quantitative estimate of drug-likeness (QED) is 0.651. The fourth-order valence-corrected chi connectivity index (χ4v) is 0.925. The van der Waals surface area contributed by atoms with Crippen molar-refractivity contribution in [1.82, 2.24) is 5.32 Å². The summed E-state index contributed by atoms with van der Waals surface area (Å²) in [6.07, 6.45) is 0. The lowest BCUT2D eigenvalue weighted by Gasteiger charge is -2.05. The van der Waals surface area contributed by atoms with Crippen LogP contribution in [0, 0.1) is 0 Å². The monoisotopic (exact) mass is 208 g/mol. The molecule has 5 nitrogen and oxygen atoms in total. The highest BCUT2D eigenvalue weighted by molar-refractivity contribution is 5.92. The van der Waals surface area contributed by atoms with Crippen LogP contribution in [0.1, 0.15) is 6.92 Å². The van der Waals surface area contributed by atoms with Crippen LogP contribution < -0.4 is 10.6 Å². The zero-order chi connectivity index (χ0) is 11.3. The van der Waals surface area contributed by atoms with Gasteiger partial charge in [-0.3, -0.25) is 4.79 Å². The first kappa shape index (κ1) is 11.0. The maximum absolute atomic E-state index is 11.2. The molecular formula is C10H12N2O3. The van der Waals surface area contributed by atoms with Gasteiger partial charge in [0, 0.05) is 5.69 Å². The van der Waals surface area contributed by atoms with Crippen LogP contribution in [0.3, 0.4) is 0 Å². The molecule has 1 aromatic rings. The molecule has 0 spiro atoms. The first-order chi connectivity index (χ1) is 7.08. The fourth-order valence-electron chi connectivity index (χ4n) is 0.925.